The summed E-state index contributed by atoms with van der Waals surface area (Å²) >= 11 is 0. The van der Waals surface area contributed by atoms with Crippen LogP contribution in [0.4, 0.5) is 0 Å². The summed E-state index contributed by atoms with van der Waals surface area (Å²) in [6.07, 6.45) is 46.8. The Balaban J connectivity index is 0.000000159. The molecule has 4 heteroatoms. The molecule has 6 aromatic carbocycles. The van der Waals surface area contributed by atoms with Gasteiger partial charge in [0.25, 0.3) is 0 Å². The average Bonchev–Trinajstić information content (AvgIpc) is 3.33. The normalized spacial score (nSPS) is 18.0. The van der Waals surface area contributed by atoms with Gasteiger partial charge in [0, 0.05) is 15.8 Å². The second-order valence-electron chi connectivity index (χ2n) is 18.3. The zero-order valence-electron chi connectivity index (χ0n) is 36.2. The summed E-state index contributed by atoms with van der Waals surface area (Å²) in [4.78, 5) is 0. The van der Waals surface area contributed by atoms with Gasteiger partial charge in [-0.3, -0.25) is 11.8 Å². The topological polar surface area (TPSA) is 0 Å². The molecule has 0 aliphatic heterocycles. The van der Waals surface area contributed by atoms with E-state index in [0.29, 0.717) is 0 Å². The van der Waals surface area contributed by atoms with E-state index >= 15 is 0 Å². The quantitative estimate of drug-likeness (QED) is 0.0513. The van der Waals surface area contributed by atoms with Crippen molar-refractivity contribution in [1.29, 1.82) is 0 Å². The Morgan fingerprint density at radius 3 is 0.918 bits per heavy atom. The van der Waals surface area contributed by atoms with Gasteiger partial charge in [0.2, 0.25) is 0 Å². The summed E-state index contributed by atoms with van der Waals surface area (Å²) in [5, 5.41) is 9.36. The molecule has 10 rings (SSSR count). The number of rotatable bonds is 6. The van der Waals surface area contributed by atoms with Crippen molar-refractivity contribution in [2.45, 2.75) is 151 Å². The second kappa shape index (κ2) is 24.8. The average molecular weight is 1210 g/mol. The SMILES string of the molecule is C1CCC([PH+](C[PH+](C2CCCCC2)C2CCCCC2)C2CCCCC2)CC1.[Au+].[Au+].[C-]#Cc1cc2ccccc2c2ccccc12.[C-]#Cc1cc2ccccc2c2ccccc12. The number of benzene rings is 6. The molecule has 0 unspecified atom stereocenters. The fraction of sp³-hybridized carbons (Fsp3) is 0.439. The van der Waals surface area contributed by atoms with Crippen LogP contribution in [0.15, 0.2) is 109 Å². The van der Waals surface area contributed by atoms with Crippen molar-refractivity contribution in [3.63, 3.8) is 0 Å². The maximum Gasteiger partial charge on any atom is 1.00 e. The van der Waals surface area contributed by atoms with E-state index in [1.807, 2.05) is 78.7 Å². The maximum absolute atomic E-state index is 7.35. The molecular formula is C57H66Au2P2+2. The van der Waals surface area contributed by atoms with Gasteiger partial charge >= 0.3 is 44.8 Å². The van der Waals surface area contributed by atoms with Crippen molar-refractivity contribution < 1.29 is 44.8 Å². The fourth-order valence-electron chi connectivity index (χ4n) is 11.7. The predicted molar refractivity (Wildman–Crippen MR) is 264 cm³/mol. The summed E-state index contributed by atoms with van der Waals surface area (Å²) in [5.41, 5.74) is 6.65. The van der Waals surface area contributed by atoms with Crippen molar-refractivity contribution in [1.82, 2.24) is 0 Å². The van der Waals surface area contributed by atoms with Gasteiger partial charge < -0.3 is 12.8 Å². The van der Waals surface area contributed by atoms with E-state index < -0.39 is 0 Å². The Kier molecular flexibility index (Phi) is 19.6. The number of hydrogen-bond donors (Lipinski definition) is 0. The molecule has 0 spiro atoms. The van der Waals surface area contributed by atoms with Crippen LogP contribution < -0.4 is 0 Å². The number of fused-ring (bicyclic) bond motifs is 6. The van der Waals surface area contributed by atoms with E-state index in [9.17, 15) is 0 Å². The Labute approximate surface area is 402 Å². The van der Waals surface area contributed by atoms with Crippen LogP contribution in [-0.4, -0.2) is 28.5 Å². The van der Waals surface area contributed by atoms with E-state index in [2.05, 4.69) is 48.2 Å². The van der Waals surface area contributed by atoms with Gasteiger partial charge in [-0.2, -0.15) is 0 Å². The van der Waals surface area contributed by atoms with Crippen molar-refractivity contribution >= 4 is 58.9 Å². The molecule has 324 valence electrons. The molecule has 0 saturated heterocycles. The van der Waals surface area contributed by atoms with Gasteiger partial charge in [-0.25, -0.2) is 0 Å². The first-order valence-electron chi connectivity index (χ1n) is 23.6. The van der Waals surface area contributed by atoms with Gasteiger partial charge in [-0.1, -0.05) is 134 Å². The van der Waals surface area contributed by atoms with Gasteiger partial charge in [0.05, 0.1) is 22.6 Å². The van der Waals surface area contributed by atoms with Crippen molar-refractivity contribution in [3.05, 3.63) is 133 Å². The smallest absolute Gasteiger partial charge is 0.366 e. The maximum atomic E-state index is 7.35. The molecule has 0 nitrogen and oxygen atoms in total. The van der Waals surface area contributed by atoms with Crippen LogP contribution in [0.2, 0.25) is 0 Å². The van der Waals surface area contributed by atoms with Crippen LogP contribution in [0.25, 0.3) is 43.1 Å². The zero-order chi connectivity index (χ0) is 40.2. The largest absolute Gasteiger partial charge is 1.00 e. The van der Waals surface area contributed by atoms with Crippen LogP contribution in [0.3, 0.4) is 0 Å². The van der Waals surface area contributed by atoms with Gasteiger partial charge in [-0.05, 0) is 135 Å². The van der Waals surface area contributed by atoms with Crippen LogP contribution in [0.1, 0.15) is 140 Å². The van der Waals surface area contributed by atoms with E-state index in [1.165, 1.54) is 44.2 Å². The van der Waals surface area contributed by atoms with Crippen LogP contribution in [0, 0.1) is 24.7 Å². The molecule has 0 amide bonds. The minimum Gasteiger partial charge on any atom is -0.366 e. The summed E-state index contributed by atoms with van der Waals surface area (Å²) < 4.78 is 0. The summed E-state index contributed by atoms with van der Waals surface area (Å²) in [5.74, 6) is 6.89. The summed E-state index contributed by atoms with van der Waals surface area (Å²) in [7, 11) is -0.192. The molecule has 6 aromatic rings. The molecule has 0 bridgehead atoms. The zero-order valence-corrected chi connectivity index (χ0v) is 42.5. The first kappa shape index (κ1) is 48.3. The third kappa shape index (κ3) is 12.1. The molecule has 0 radical (unpaired) electrons. The van der Waals surface area contributed by atoms with Crippen molar-refractivity contribution in [3.8, 4) is 11.8 Å². The molecule has 4 fully saturated rings. The molecule has 4 aliphatic carbocycles. The Hall–Kier alpha value is -2.18. The van der Waals surface area contributed by atoms with E-state index in [-0.39, 0.29) is 60.6 Å². The fourth-order valence-corrected chi connectivity index (χ4v) is 24.1. The molecule has 0 N–H and O–H groups in total. The Morgan fingerprint density at radius 2 is 0.623 bits per heavy atom. The molecule has 4 aliphatic rings. The standard InChI is InChI=1S/C25H46P2.2C16H9.2Au/c1-5-13-22(14-6-1)26(23-15-7-2-8-16-23)21-27(24-17-9-3-10-18-24)25-19-11-4-12-20-25;2*1-2-12-11-13-7-3-4-9-15(13)16-10-6-5-8-14(12)16;;/h22-25H,1-21H2;2*3-11H;;/q;2*-1;2*+1/p+2. The van der Waals surface area contributed by atoms with Crippen LogP contribution in [-0.2, 0) is 44.8 Å². The van der Waals surface area contributed by atoms with Crippen LogP contribution in [0.5, 0.6) is 0 Å². The molecule has 4 saturated carbocycles. The summed E-state index contributed by atoms with van der Waals surface area (Å²) in [6, 6.07) is 36.9. The predicted octanol–water partition coefficient (Wildman–Crippen LogP) is 16.6. The molecule has 0 aromatic heterocycles. The Morgan fingerprint density at radius 1 is 0.361 bits per heavy atom. The minimum absolute atomic E-state index is 0. The van der Waals surface area contributed by atoms with E-state index in [1.54, 1.807) is 128 Å². The van der Waals surface area contributed by atoms with Crippen molar-refractivity contribution in [2.24, 2.45) is 0 Å². The van der Waals surface area contributed by atoms with E-state index in [0.717, 1.165) is 32.7 Å². The van der Waals surface area contributed by atoms with E-state index in [4.69, 9.17) is 12.8 Å². The molecule has 0 atom stereocenters. The van der Waals surface area contributed by atoms with Gasteiger partial charge in [0.1, 0.15) is 0 Å². The van der Waals surface area contributed by atoms with Gasteiger partial charge in [-0.15, -0.1) is 23.3 Å². The van der Waals surface area contributed by atoms with Crippen molar-refractivity contribution in [2.75, 3.05) is 5.90 Å². The van der Waals surface area contributed by atoms with Crippen LogP contribution >= 0.6 is 15.8 Å². The van der Waals surface area contributed by atoms with Gasteiger partial charge in [0.15, 0.2) is 5.90 Å². The number of hydrogen-bond acceptors (Lipinski definition) is 0. The first-order chi connectivity index (χ1) is 29.2. The third-order valence-corrected chi connectivity index (χ3v) is 24.5. The minimum atomic E-state index is -0.0959. The molecular weight excluding hydrogens is 1140 g/mol. The first-order valence-corrected chi connectivity index (χ1v) is 27.3. The third-order valence-electron chi connectivity index (χ3n) is 14.7. The Bertz CT molecular complexity index is 2160. The summed E-state index contributed by atoms with van der Waals surface area (Å²) in [6.45, 7) is 0. The molecule has 0 heterocycles. The second-order valence-corrected chi connectivity index (χ2v) is 25.3. The monoisotopic (exact) mass is 1210 g/mol. The molecule has 61 heavy (non-hydrogen) atoms.